The van der Waals surface area contributed by atoms with Crippen LogP contribution < -0.4 is 4.74 Å². The summed E-state index contributed by atoms with van der Waals surface area (Å²) in [5.41, 5.74) is 0.970. The molecule has 0 spiro atoms. The highest BCUT2D eigenvalue weighted by molar-refractivity contribution is 5.92. The van der Waals surface area contributed by atoms with Crippen LogP contribution >= 0.6 is 0 Å². The van der Waals surface area contributed by atoms with Crippen molar-refractivity contribution < 1.29 is 48.4 Å². The summed E-state index contributed by atoms with van der Waals surface area (Å²) in [6.45, 7) is 8.52. The molecule has 12 nitrogen and oxygen atoms in total. The number of hydrogen-bond acceptors (Lipinski definition) is 8. The lowest BCUT2D eigenvalue weighted by molar-refractivity contribution is -0.158. The third-order valence-corrected chi connectivity index (χ3v) is 7.73. The molecule has 12 heteroatoms. The molecule has 0 aliphatic rings. The largest absolute Gasteiger partial charge is 0.494 e. The van der Waals surface area contributed by atoms with E-state index >= 15 is 0 Å². The monoisotopic (exact) mass is 716 g/mol. The summed E-state index contributed by atoms with van der Waals surface area (Å²) in [6, 6.07) is 21.8. The van der Waals surface area contributed by atoms with Gasteiger partial charge in [0, 0.05) is 25.9 Å². The first-order valence-electron chi connectivity index (χ1n) is 17.1. The van der Waals surface area contributed by atoms with Crippen LogP contribution in [0.1, 0.15) is 63.1 Å². The van der Waals surface area contributed by atoms with Crippen LogP contribution in [0.3, 0.4) is 0 Å². The topological polar surface area (TPSA) is 160 Å². The summed E-state index contributed by atoms with van der Waals surface area (Å²) < 4.78 is 16.9. The predicted molar refractivity (Wildman–Crippen MR) is 193 cm³/mol. The van der Waals surface area contributed by atoms with Crippen LogP contribution in [0, 0.1) is 0 Å². The zero-order valence-electron chi connectivity index (χ0n) is 29.9. The minimum atomic E-state index is -1.58. The summed E-state index contributed by atoms with van der Waals surface area (Å²) in [4.78, 5) is 68.1. The van der Waals surface area contributed by atoms with Crippen molar-refractivity contribution in [2.75, 3.05) is 13.2 Å². The van der Waals surface area contributed by atoms with Gasteiger partial charge in [-0.1, -0.05) is 85.5 Å². The molecule has 3 aromatic rings. The van der Waals surface area contributed by atoms with E-state index < -0.39 is 54.0 Å². The number of amides is 2. The number of carboxylic acid groups (broad SMARTS) is 2. The summed E-state index contributed by atoms with van der Waals surface area (Å²) in [5, 5.41) is 19.0. The molecular weight excluding hydrogens is 668 g/mol. The first-order valence-corrected chi connectivity index (χ1v) is 17.1. The smallest absolute Gasteiger partial charge is 0.411 e. The van der Waals surface area contributed by atoms with Crippen molar-refractivity contribution in [3.63, 3.8) is 0 Å². The average molecular weight is 717 g/mol. The summed E-state index contributed by atoms with van der Waals surface area (Å²) in [6.07, 6.45) is 0.839. The van der Waals surface area contributed by atoms with Gasteiger partial charge < -0.3 is 29.3 Å². The number of carbonyl (C=O) groups is 5. The van der Waals surface area contributed by atoms with Crippen LogP contribution in [-0.2, 0) is 48.2 Å². The molecule has 3 rings (SSSR count). The van der Waals surface area contributed by atoms with Gasteiger partial charge >= 0.3 is 24.0 Å². The van der Waals surface area contributed by atoms with Crippen molar-refractivity contribution >= 4 is 29.9 Å². The molecule has 3 aromatic carbocycles. The second-order valence-corrected chi connectivity index (χ2v) is 13.1. The Morgan fingerprint density at radius 2 is 1.33 bits per heavy atom. The first-order chi connectivity index (χ1) is 24.8. The standard InChI is InChI=1S/C40H48N2O10/c1-5-23-51-38(48)34(25-29-14-8-6-9-15-29)41(27-31-19-21-32(22-20-31)50-24-13-12-18-35(43)44)37(47)33(26-36(45)46)42(39(49)52-40(2,3)4)28-30-16-10-7-11-17-30/h5-11,14-17,19-22,33-34H,1,12-13,18,23-28H2,2-4H3,(H,43,44)(H,45,46)/t33-,34-/m0/s1. The van der Waals surface area contributed by atoms with Gasteiger partial charge in [0.25, 0.3) is 0 Å². The molecule has 0 bridgehead atoms. The second kappa shape index (κ2) is 20.3. The van der Waals surface area contributed by atoms with E-state index in [1.54, 1.807) is 99.6 Å². The van der Waals surface area contributed by atoms with Crippen molar-refractivity contribution in [1.82, 2.24) is 9.80 Å². The van der Waals surface area contributed by atoms with Crippen LogP contribution in [0.15, 0.2) is 97.6 Å². The highest BCUT2D eigenvalue weighted by atomic mass is 16.6. The van der Waals surface area contributed by atoms with Gasteiger partial charge in [-0.2, -0.15) is 0 Å². The van der Waals surface area contributed by atoms with Crippen LogP contribution in [-0.4, -0.2) is 80.8 Å². The number of carboxylic acids is 2. The van der Waals surface area contributed by atoms with Crippen molar-refractivity contribution in [2.24, 2.45) is 0 Å². The van der Waals surface area contributed by atoms with E-state index in [4.69, 9.17) is 19.3 Å². The third kappa shape index (κ3) is 13.9. The SMILES string of the molecule is C=CCOC(=O)[C@H](Cc1ccccc1)N(Cc1ccc(OCCCCC(=O)O)cc1)C(=O)[C@H](CC(=O)O)N(Cc1ccccc1)C(=O)OC(C)(C)C. The fraction of sp³-hybridized carbons (Fsp3) is 0.375. The fourth-order valence-corrected chi connectivity index (χ4v) is 5.28. The number of aliphatic carboxylic acids is 2. The van der Waals surface area contributed by atoms with Crippen molar-refractivity contribution in [3.8, 4) is 5.75 Å². The fourth-order valence-electron chi connectivity index (χ4n) is 5.28. The number of esters is 1. The molecule has 0 heterocycles. The lowest BCUT2D eigenvalue weighted by atomic mass is 10.0. The third-order valence-electron chi connectivity index (χ3n) is 7.73. The molecule has 0 saturated carbocycles. The Labute approximate surface area is 304 Å². The van der Waals surface area contributed by atoms with Crippen molar-refractivity contribution in [3.05, 3.63) is 114 Å². The van der Waals surface area contributed by atoms with Gasteiger partial charge in [0.15, 0.2) is 0 Å². The molecule has 278 valence electrons. The number of benzene rings is 3. The molecule has 0 aliphatic heterocycles. The van der Waals surface area contributed by atoms with Crippen LogP contribution in [0.5, 0.6) is 5.75 Å². The minimum Gasteiger partial charge on any atom is -0.494 e. The van der Waals surface area contributed by atoms with Gasteiger partial charge in [0.1, 0.15) is 30.0 Å². The van der Waals surface area contributed by atoms with Gasteiger partial charge in [0.2, 0.25) is 5.91 Å². The van der Waals surface area contributed by atoms with Gasteiger partial charge in [-0.05, 0) is 62.4 Å². The van der Waals surface area contributed by atoms with E-state index in [0.717, 1.165) is 10.5 Å². The van der Waals surface area contributed by atoms with Gasteiger partial charge in [-0.25, -0.2) is 9.59 Å². The zero-order chi connectivity index (χ0) is 38.1. The van der Waals surface area contributed by atoms with E-state index in [2.05, 4.69) is 6.58 Å². The van der Waals surface area contributed by atoms with Crippen molar-refractivity contribution in [1.29, 1.82) is 0 Å². The number of unbranched alkanes of at least 4 members (excludes halogenated alkanes) is 1. The molecule has 0 aromatic heterocycles. The normalized spacial score (nSPS) is 12.1. The molecule has 0 unspecified atom stereocenters. The van der Waals surface area contributed by atoms with Crippen LogP contribution in [0.2, 0.25) is 0 Å². The number of nitrogens with zero attached hydrogens (tertiary/aromatic N) is 2. The zero-order valence-corrected chi connectivity index (χ0v) is 29.9. The highest BCUT2D eigenvalue weighted by Gasteiger charge is 2.41. The summed E-state index contributed by atoms with van der Waals surface area (Å²) >= 11 is 0. The van der Waals surface area contributed by atoms with Crippen LogP contribution in [0.4, 0.5) is 4.79 Å². The lowest BCUT2D eigenvalue weighted by Crippen LogP contribution is -2.56. The van der Waals surface area contributed by atoms with Gasteiger partial charge in [-0.3, -0.25) is 19.3 Å². The van der Waals surface area contributed by atoms with E-state index in [-0.39, 0.29) is 32.5 Å². The highest BCUT2D eigenvalue weighted by Crippen LogP contribution is 2.24. The van der Waals surface area contributed by atoms with Crippen molar-refractivity contribution in [2.45, 2.75) is 83.6 Å². The van der Waals surface area contributed by atoms with E-state index in [0.29, 0.717) is 36.3 Å². The predicted octanol–water partition coefficient (Wildman–Crippen LogP) is 6.27. The molecular formula is C40H48N2O10. The molecule has 0 radical (unpaired) electrons. The Hall–Kier alpha value is -5.65. The number of ether oxygens (including phenoxy) is 3. The minimum absolute atomic E-state index is 0.0327. The number of rotatable bonds is 20. The number of hydrogen-bond donors (Lipinski definition) is 2. The Morgan fingerprint density at radius 3 is 1.88 bits per heavy atom. The molecule has 2 amide bonds. The molecule has 52 heavy (non-hydrogen) atoms. The molecule has 0 saturated heterocycles. The quantitative estimate of drug-likeness (QED) is 0.0775. The summed E-state index contributed by atoms with van der Waals surface area (Å²) in [7, 11) is 0. The average Bonchev–Trinajstić information content (AvgIpc) is 3.10. The lowest BCUT2D eigenvalue weighted by Gasteiger charge is -2.37. The summed E-state index contributed by atoms with van der Waals surface area (Å²) in [5.74, 6) is -3.22. The maximum Gasteiger partial charge on any atom is 0.411 e. The Morgan fingerprint density at radius 1 is 0.750 bits per heavy atom. The Balaban J connectivity index is 2.09. The Kier molecular flexibility index (Phi) is 15.9. The number of carbonyl (C=O) groups excluding carboxylic acids is 3. The maximum atomic E-state index is 14.9. The van der Waals surface area contributed by atoms with E-state index in [9.17, 15) is 29.1 Å². The molecule has 2 N–H and O–H groups in total. The molecule has 2 atom stereocenters. The van der Waals surface area contributed by atoms with E-state index in [1.807, 2.05) is 6.07 Å². The molecule has 0 aliphatic carbocycles. The Bertz CT molecular complexity index is 1620. The maximum absolute atomic E-state index is 14.9. The van der Waals surface area contributed by atoms with Crippen LogP contribution in [0.25, 0.3) is 0 Å². The van der Waals surface area contributed by atoms with E-state index in [1.165, 1.54) is 11.0 Å². The van der Waals surface area contributed by atoms with Gasteiger partial charge in [-0.15, -0.1) is 0 Å². The second-order valence-electron chi connectivity index (χ2n) is 13.1. The van der Waals surface area contributed by atoms with Gasteiger partial charge in [0.05, 0.1) is 13.0 Å². The molecule has 0 fully saturated rings. The first kappa shape index (κ1) is 40.8.